The van der Waals surface area contributed by atoms with Crippen molar-refractivity contribution < 1.29 is 26.0 Å². The molecule has 0 saturated carbocycles. The number of nitrogens with zero attached hydrogens (tertiary/aromatic N) is 1. The van der Waals surface area contributed by atoms with E-state index in [4.69, 9.17) is 0 Å². The molecule has 0 fully saturated rings. The van der Waals surface area contributed by atoms with E-state index in [0.29, 0.717) is 23.3 Å². The van der Waals surface area contributed by atoms with E-state index in [0.717, 1.165) is 23.6 Å². The van der Waals surface area contributed by atoms with Gasteiger partial charge in [-0.1, -0.05) is 12.1 Å². The van der Waals surface area contributed by atoms with Gasteiger partial charge in [-0.05, 0) is 48.9 Å². The molecular weight excluding hydrogens is 422 g/mol. The lowest BCUT2D eigenvalue weighted by Crippen LogP contribution is -2.16. The lowest BCUT2D eigenvalue weighted by Gasteiger charge is -2.13. The zero-order valence-electron chi connectivity index (χ0n) is 15.3. The molecule has 0 atom stereocenters. The Hall–Kier alpha value is -3.40. The van der Waals surface area contributed by atoms with Crippen molar-refractivity contribution in [3.8, 4) is 11.1 Å². The van der Waals surface area contributed by atoms with E-state index in [1.807, 2.05) is 4.72 Å². The molecule has 4 aromatic rings. The van der Waals surface area contributed by atoms with Crippen LogP contribution in [0.5, 0.6) is 0 Å². The summed E-state index contributed by atoms with van der Waals surface area (Å²) in [5.41, 5.74) is 0.284. The van der Waals surface area contributed by atoms with E-state index < -0.39 is 49.4 Å². The fourth-order valence-electron chi connectivity index (χ4n) is 3.09. The van der Waals surface area contributed by atoms with Gasteiger partial charge in [-0.25, -0.2) is 26.0 Å². The molecule has 1 aromatic heterocycles. The number of hydrogen-bond donors (Lipinski definition) is 2. The first-order chi connectivity index (χ1) is 14.2. The molecule has 30 heavy (non-hydrogen) atoms. The Morgan fingerprint density at radius 1 is 0.933 bits per heavy atom. The molecule has 0 aliphatic rings. The van der Waals surface area contributed by atoms with Crippen molar-refractivity contribution in [2.24, 2.45) is 0 Å². The third-order valence-electron chi connectivity index (χ3n) is 4.56. The summed E-state index contributed by atoms with van der Waals surface area (Å²) in [4.78, 5) is -0.998. The highest BCUT2D eigenvalue weighted by Gasteiger charge is 2.24. The lowest BCUT2D eigenvalue weighted by molar-refractivity contribution is 0.554. The second kappa shape index (κ2) is 7.13. The number of rotatable bonds is 4. The SMILES string of the molecule is Cc1n[nH]c2cc(-c3c(F)ccc(NS(=O)(=O)c4cc(F)ccc4F)c3F)ccc12. The highest BCUT2D eigenvalue weighted by Crippen LogP contribution is 2.33. The number of sulfonamides is 1. The van der Waals surface area contributed by atoms with Crippen LogP contribution in [0.15, 0.2) is 53.4 Å². The van der Waals surface area contributed by atoms with Crippen LogP contribution in [0, 0.1) is 30.2 Å². The number of H-pyrrole nitrogens is 1. The minimum Gasteiger partial charge on any atom is -0.278 e. The minimum atomic E-state index is -4.68. The van der Waals surface area contributed by atoms with Crippen molar-refractivity contribution in [2.45, 2.75) is 11.8 Å². The van der Waals surface area contributed by atoms with Crippen LogP contribution < -0.4 is 4.72 Å². The average molecular weight is 435 g/mol. The Labute approximate surface area is 168 Å². The molecule has 0 spiro atoms. The summed E-state index contributed by atoms with van der Waals surface area (Å²) >= 11 is 0. The van der Waals surface area contributed by atoms with Gasteiger partial charge in [-0.15, -0.1) is 0 Å². The molecule has 154 valence electrons. The van der Waals surface area contributed by atoms with Gasteiger partial charge < -0.3 is 0 Å². The Kier molecular flexibility index (Phi) is 4.73. The molecule has 0 amide bonds. The first-order valence-corrected chi connectivity index (χ1v) is 10.1. The molecule has 0 aliphatic heterocycles. The monoisotopic (exact) mass is 435 g/mol. The third kappa shape index (κ3) is 3.39. The summed E-state index contributed by atoms with van der Waals surface area (Å²) in [6, 6.07) is 8.16. The Bertz CT molecular complexity index is 1400. The third-order valence-corrected chi connectivity index (χ3v) is 5.94. The van der Waals surface area contributed by atoms with Crippen LogP contribution in [0.1, 0.15) is 5.69 Å². The summed E-state index contributed by atoms with van der Waals surface area (Å²) < 4.78 is 83.5. The molecule has 3 aromatic carbocycles. The minimum absolute atomic E-state index is 0.138. The van der Waals surface area contributed by atoms with Crippen molar-refractivity contribution in [1.82, 2.24) is 10.2 Å². The van der Waals surface area contributed by atoms with Crippen LogP contribution in [0.3, 0.4) is 0 Å². The van der Waals surface area contributed by atoms with Crippen LogP contribution >= 0.6 is 0 Å². The van der Waals surface area contributed by atoms with Gasteiger partial charge in [0.1, 0.15) is 22.3 Å². The molecule has 1 heterocycles. The summed E-state index contributed by atoms with van der Waals surface area (Å²) in [5, 5.41) is 7.52. The maximum Gasteiger partial charge on any atom is 0.265 e. The second-order valence-corrected chi connectivity index (χ2v) is 8.18. The van der Waals surface area contributed by atoms with Crippen LogP contribution in [0.25, 0.3) is 22.0 Å². The predicted octanol–water partition coefficient (Wildman–Crippen LogP) is 4.90. The summed E-state index contributed by atoms with van der Waals surface area (Å²) in [5.74, 6) is -4.33. The molecule has 5 nitrogen and oxygen atoms in total. The summed E-state index contributed by atoms with van der Waals surface area (Å²) in [6.45, 7) is 1.76. The van der Waals surface area contributed by atoms with Crippen molar-refractivity contribution in [3.05, 3.63) is 77.5 Å². The molecule has 2 N–H and O–H groups in total. The van der Waals surface area contributed by atoms with Gasteiger partial charge in [0.2, 0.25) is 0 Å². The predicted molar refractivity (Wildman–Crippen MR) is 103 cm³/mol. The van der Waals surface area contributed by atoms with Gasteiger partial charge in [0.05, 0.1) is 22.5 Å². The fraction of sp³-hybridized carbons (Fsp3) is 0.0500. The zero-order chi connectivity index (χ0) is 21.6. The maximum atomic E-state index is 15.1. The molecular formula is C20H13F4N3O2S. The van der Waals surface area contributed by atoms with Crippen molar-refractivity contribution in [3.63, 3.8) is 0 Å². The molecule has 0 saturated heterocycles. The van der Waals surface area contributed by atoms with Crippen molar-refractivity contribution in [1.29, 1.82) is 0 Å². The largest absolute Gasteiger partial charge is 0.278 e. The molecule has 10 heteroatoms. The molecule has 4 rings (SSSR count). The van der Waals surface area contributed by atoms with E-state index in [2.05, 4.69) is 10.2 Å². The average Bonchev–Trinajstić information content (AvgIpc) is 3.06. The van der Waals surface area contributed by atoms with Crippen LogP contribution in [0.4, 0.5) is 23.2 Å². The fourth-order valence-corrected chi connectivity index (χ4v) is 4.24. The van der Waals surface area contributed by atoms with Gasteiger partial charge in [0.25, 0.3) is 10.0 Å². The number of anilines is 1. The number of benzene rings is 3. The normalized spacial score (nSPS) is 11.8. The standard InChI is InChI=1S/C20H13F4N3O2S/c1-10-13-4-2-11(8-17(13)26-25-10)19-15(23)6-7-16(20(19)24)27-30(28,29)18-9-12(21)3-5-14(18)22/h2-9,27H,1H3,(H,25,26). The summed E-state index contributed by atoms with van der Waals surface area (Å²) in [7, 11) is -4.68. The second-order valence-electron chi connectivity index (χ2n) is 6.53. The smallest absolute Gasteiger partial charge is 0.265 e. The van der Waals surface area contributed by atoms with E-state index in [1.54, 1.807) is 13.0 Å². The first kappa shape index (κ1) is 19.9. The molecule has 0 bridgehead atoms. The van der Waals surface area contributed by atoms with E-state index >= 15 is 4.39 Å². The van der Waals surface area contributed by atoms with Gasteiger partial charge >= 0.3 is 0 Å². The Balaban J connectivity index is 1.80. The van der Waals surface area contributed by atoms with Crippen LogP contribution in [-0.2, 0) is 10.0 Å². The first-order valence-electron chi connectivity index (χ1n) is 8.58. The molecule has 0 radical (unpaired) electrons. The van der Waals surface area contributed by atoms with Gasteiger partial charge in [0.15, 0.2) is 5.82 Å². The molecule has 0 aliphatic carbocycles. The van der Waals surface area contributed by atoms with E-state index in [1.165, 1.54) is 12.1 Å². The quantitative estimate of drug-likeness (QED) is 0.448. The highest BCUT2D eigenvalue weighted by molar-refractivity contribution is 7.92. The van der Waals surface area contributed by atoms with E-state index in [9.17, 15) is 21.6 Å². The topological polar surface area (TPSA) is 74.8 Å². The number of aromatic amines is 1. The van der Waals surface area contributed by atoms with Crippen LogP contribution in [0.2, 0.25) is 0 Å². The lowest BCUT2D eigenvalue weighted by atomic mass is 10.0. The van der Waals surface area contributed by atoms with Gasteiger partial charge in [-0.2, -0.15) is 5.10 Å². The Morgan fingerprint density at radius 3 is 2.43 bits per heavy atom. The van der Waals surface area contributed by atoms with Crippen molar-refractivity contribution >= 4 is 26.6 Å². The Morgan fingerprint density at radius 2 is 1.67 bits per heavy atom. The highest BCUT2D eigenvalue weighted by atomic mass is 32.2. The van der Waals surface area contributed by atoms with E-state index in [-0.39, 0.29) is 5.56 Å². The number of aryl methyl sites for hydroxylation is 1. The van der Waals surface area contributed by atoms with Gasteiger partial charge in [-0.3, -0.25) is 9.82 Å². The summed E-state index contributed by atoms with van der Waals surface area (Å²) in [6.07, 6.45) is 0. The molecule has 0 unspecified atom stereocenters. The number of fused-ring (bicyclic) bond motifs is 1. The van der Waals surface area contributed by atoms with Crippen LogP contribution in [-0.4, -0.2) is 18.6 Å². The number of hydrogen-bond acceptors (Lipinski definition) is 3. The maximum absolute atomic E-state index is 15.1. The number of nitrogens with one attached hydrogen (secondary N) is 2. The number of aromatic nitrogens is 2. The zero-order valence-corrected chi connectivity index (χ0v) is 16.1. The van der Waals surface area contributed by atoms with Gasteiger partial charge in [0, 0.05) is 5.39 Å². The number of halogens is 4. The van der Waals surface area contributed by atoms with Crippen molar-refractivity contribution in [2.75, 3.05) is 4.72 Å².